The molecule has 0 aliphatic carbocycles. The molecule has 2 aromatic carbocycles. The van der Waals surface area contributed by atoms with Crippen molar-refractivity contribution in [2.45, 2.75) is 25.4 Å². The smallest absolute Gasteiger partial charge is 0.425 e. The van der Waals surface area contributed by atoms with E-state index in [9.17, 15) is 26.3 Å². The highest BCUT2D eigenvalue weighted by Gasteiger charge is 2.41. The van der Waals surface area contributed by atoms with Crippen LogP contribution in [0.25, 0.3) is 33.7 Å². The summed E-state index contributed by atoms with van der Waals surface area (Å²) in [6, 6.07) is 11.3. The lowest BCUT2D eigenvalue weighted by atomic mass is 10.1. The first-order valence-corrected chi connectivity index (χ1v) is 9.16. The van der Waals surface area contributed by atoms with E-state index in [-0.39, 0.29) is 29.7 Å². The van der Waals surface area contributed by atoms with Crippen LogP contribution in [0.3, 0.4) is 0 Å². The van der Waals surface area contributed by atoms with Gasteiger partial charge in [-0.25, -0.2) is 0 Å². The number of alkyl halides is 6. The number of nitrogens with zero attached hydrogens (tertiary/aromatic N) is 3. The largest absolute Gasteiger partial charge is 0.481 e. The third-order valence-corrected chi connectivity index (χ3v) is 4.58. The van der Waals surface area contributed by atoms with Gasteiger partial charge in [0.2, 0.25) is 5.82 Å². The van der Waals surface area contributed by atoms with Crippen LogP contribution in [-0.4, -0.2) is 27.4 Å². The number of benzene rings is 2. The Hall–Kier alpha value is -3.34. The standard InChI is InChI=1S/C21H13F6N3O2.ClH/c1-11(20(22,23)24)31-17-7-5-14(10-15(17)21(25,26)27)19-29-18(30-32-19)13-4-6-16-12(9-13)3-2-8-28-16;/h2-11H,1H3;1H. The van der Waals surface area contributed by atoms with Crippen LogP contribution in [-0.2, 0) is 6.18 Å². The van der Waals surface area contributed by atoms with Crippen molar-refractivity contribution in [2.24, 2.45) is 0 Å². The van der Waals surface area contributed by atoms with Gasteiger partial charge in [0.05, 0.1) is 11.1 Å². The van der Waals surface area contributed by atoms with E-state index in [1.807, 2.05) is 6.07 Å². The maximum Gasteiger partial charge on any atom is 0.425 e. The maximum atomic E-state index is 13.5. The quantitative estimate of drug-likeness (QED) is 0.298. The van der Waals surface area contributed by atoms with E-state index in [2.05, 4.69) is 19.9 Å². The van der Waals surface area contributed by atoms with Gasteiger partial charge in [-0.2, -0.15) is 31.3 Å². The normalized spacial score (nSPS) is 12.9. The second-order valence-electron chi connectivity index (χ2n) is 6.84. The van der Waals surface area contributed by atoms with Gasteiger partial charge < -0.3 is 9.26 Å². The third kappa shape index (κ3) is 5.19. The lowest BCUT2D eigenvalue weighted by molar-refractivity contribution is -0.191. The van der Waals surface area contributed by atoms with Crippen LogP contribution in [0.15, 0.2) is 59.3 Å². The molecule has 4 rings (SSSR count). The highest BCUT2D eigenvalue weighted by Crippen LogP contribution is 2.40. The molecule has 1 atom stereocenters. The first kappa shape index (κ1) is 24.3. The minimum Gasteiger partial charge on any atom is -0.481 e. The lowest BCUT2D eigenvalue weighted by Gasteiger charge is -2.20. The first-order valence-electron chi connectivity index (χ1n) is 9.16. The average Bonchev–Trinajstić information content (AvgIpc) is 3.22. The number of halogens is 7. The second kappa shape index (κ2) is 8.89. The third-order valence-electron chi connectivity index (χ3n) is 4.58. The second-order valence-corrected chi connectivity index (χ2v) is 6.84. The molecule has 0 saturated heterocycles. The van der Waals surface area contributed by atoms with Gasteiger partial charge in [0.25, 0.3) is 5.89 Å². The van der Waals surface area contributed by atoms with Gasteiger partial charge in [-0.3, -0.25) is 4.98 Å². The van der Waals surface area contributed by atoms with Crippen molar-refractivity contribution in [3.05, 3.63) is 60.3 Å². The minimum atomic E-state index is -4.97. The highest BCUT2D eigenvalue weighted by molar-refractivity contribution is 5.85. The van der Waals surface area contributed by atoms with E-state index in [0.717, 1.165) is 23.0 Å². The summed E-state index contributed by atoms with van der Waals surface area (Å²) in [5, 5.41) is 4.60. The molecule has 33 heavy (non-hydrogen) atoms. The van der Waals surface area contributed by atoms with Gasteiger partial charge in [-0.05, 0) is 49.4 Å². The number of hydrogen-bond acceptors (Lipinski definition) is 5. The van der Waals surface area contributed by atoms with Gasteiger partial charge >= 0.3 is 12.4 Å². The Bertz CT molecular complexity index is 1270. The average molecular weight is 490 g/mol. The highest BCUT2D eigenvalue weighted by atomic mass is 35.5. The molecule has 0 saturated carbocycles. The molecule has 0 aliphatic heterocycles. The number of pyridine rings is 1. The zero-order valence-corrected chi connectivity index (χ0v) is 17.4. The van der Waals surface area contributed by atoms with Crippen molar-refractivity contribution < 1.29 is 35.6 Å². The molecule has 0 N–H and O–H groups in total. The monoisotopic (exact) mass is 489 g/mol. The lowest BCUT2D eigenvalue weighted by Crippen LogP contribution is -2.31. The molecule has 0 aliphatic rings. The molecule has 2 heterocycles. The van der Waals surface area contributed by atoms with Crippen LogP contribution < -0.4 is 4.74 Å². The SMILES string of the molecule is CC(Oc1ccc(-c2nc(-c3ccc4ncccc4c3)no2)cc1C(F)(F)F)C(F)(F)F.Cl. The number of ether oxygens (including phenoxy) is 1. The van der Waals surface area contributed by atoms with Gasteiger partial charge in [0, 0.05) is 22.7 Å². The van der Waals surface area contributed by atoms with Crippen molar-refractivity contribution in [1.82, 2.24) is 15.1 Å². The Balaban J connectivity index is 0.00000306. The van der Waals surface area contributed by atoms with Gasteiger partial charge in [-0.1, -0.05) is 11.2 Å². The van der Waals surface area contributed by atoms with Crippen LogP contribution in [0.2, 0.25) is 0 Å². The van der Waals surface area contributed by atoms with Crippen LogP contribution in [0, 0.1) is 0 Å². The first-order chi connectivity index (χ1) is 15.0. The molecule has 0 fully saturated rings. The Morgan fingerprint density at radius 2 is 1.67 bits per heavy atom. The molecule has 0 amide bonds. The zero-order valence-electron chi connectivity index (χ0n) is 16.6. The van der Waals surface area contributed by atoms with Gasteiger partial charge in [0.15, 0.2) is 6.10 Å². The van der Waals surface area contributed by atoms with Crippen molar-refractivity contribution in [1.29, 1.82) is 0 Å². The number of aromatic nitrogens is 3. The zero-order chi connectivity index (χ0) is 23.1. The summed E-state index contributed by atoms with van der Waals surface area (Å²) in [6.07, 6.45) is -10.6. The molecule has 0 radical (unpaired) electrons. The number of fused-ring (bicyclic) bond motifs is 1. The van der Waals surface area contributed by atoms with Crippen molar-refractivity contribution >= 4 is 23.3 Å². The summed E-state index contributed by atoms with van der Waals surface area (Å²) in [4.78, 5) is 8.32. The molecule has 174 valence electrons. The molecule has 0 bridgehead atoms. The summed E-state index contributed by atoms with van der Waals surface area (Å²) in [6.45, 7) is 0.622. The Morgan fingerprint density at radius 1 is 0.939 bits per heavy atom. The fourth-order valence-electron chi connectivity index (χ4n) is 2.92. The summed E-state index contributed by atoms with van der Waals surface area (Å²) in [5.74, 6) is -1.05. The van der Waals surface area contributed by atoms with Crippen molar-refractivity contribution in [3.8, 4) is 28.6 Å². The summed E-state index contributed by atoms with van der Waals surface area (Å²) in [7, 11) is 0. The fraction of sp³-hybridized carbons (Fsp3) is 0.190. The van der Waals surface area contributed by atoms with E-state index < -0.39 is 29.8 Å². The molecular weight excluding hydrogens is 476 g/mol. The Labute approximate surface area is 188 Å². The molecule has 12 heteroatoms. The van der Waals surface area contributed by atoms with Crippen molar-refractivity contribution in [3.63, 3.8) is 0 Å². The fourth-order valence-corrected chi connectivity index (χ4v) is 2.92. The topological polar surface area (TPSA) is 61.0 Å². The molecule has 0 spiro atoms. The molecule has 5 nitrogen and oxygen atoms in total. The summed E-state index contributed by atoms with van der Waals surface area (Å²) < 4.78 is 88.2. The molecule has 4 aromatic rings. The molecular formula is C21H14ClF6N3O2. The predicted molar refractivity (Wildman–Crippen MR) is 109 cm³/mol. The van der Waals surface area contributed by atoms with E-state index in [4.69, 9.17) is 4.52 Å². The van der Waals surface area contributed by atoms with Crippen LogP contribution in [0.5, 0.6) is 5.75 Å². The molecule has 2 aromatic heterocycles. The number of hydrogen-bond donors (Lipinski definition) is 0. The van der Waals surface area contributed by atoms with Gasteiger partial charge in [0.1, 0.15) is 5.75 Å². The Kier molecular flexibility index (Phi) is 6.55. The minimum absolute atomic E-state index is 0. The van der Waals surface area contributed by atoms with Crippen LogP contribution >= 0.6 is 12.4 Å². The van der Waals surface area contributed by atoms with Crippen LogP contribution in [0.4, 0.5) is 26.3 Å². The van der Waals surface area contributed by atoms with E-state index >= 15 is 0 Å². The predicted octanol–water partition coefficient (Wildman–Crippen LogP) is 6.72. The summed E-state index contributed by atoms with van der Waals surface area (Å²) in [5.41, 5.74) is -0.220. The summed E-state index contributed by atoms with van der Waals surface area (Å²) >= 11 is 0. The van der Waals surface area contributed by atoms with Crippen LogP contribution in [0.1, 0.15) is 12.5 Å². The maximum absolute atomic E-state index is 13.5. The van der Waals surface area contributed by atoms with E-state index in [1.165, 1.54) is 0 Å². The Morgan fingerprint density at radius 3 is 2.36 bits per heavy atom. The van der Waals surface area contributed by atoms with Crippen molar-refractivity contribution in [2.75, 3.05) is 0 Å². The van der Waals surface area contributed by atoms with E-state index in [0.29, 0.717) is 18.6 Å². The van der Waals surface area contributed by atoms with Gasteiger partial charge in [-0.15, -0.1) is 12.4 Å². The van der Waals surface area contributed by atoms with E-state index in [1.54, 1.807) is 30.5 Å². The number of rotatable bonds is 4. The molecule has 1 unspecified atom stereocenters.